The number of hydrogen-bond acceptors (Lipinski definition) is 7. The second-order valence-corrected chi connectivity index (χ2v) is 9.62. The molecule has 34 heavy (non-hydrogen) atoms. The summed E-state index contributed by atoms with van der Waals surface area (Å²) in [5.41, 5.74) is 2.43. The number of hydrogen-bond donors (Lipinski definition) is 4. The molecule has 5 rings (SSSR count). The normalized spacial score (nSPS) is 13.9. The molecular weight excluding hydrogens is 456 g/mol. The lowest BCUT2D eigenvalue weighted by Crippen LogP contribution is -2.44. The zero-order valence-electron chi connectivity index (χ0n) is 18.0. The number of amides is 1. The summed E-state index contributed by atoms with van der Waals surface area (Å²) in [4.78, 5) is 17.1. The van der Waals surface area contributed by atoms with Crippen LogP contribution in [0.25, 0.3) is 10.9 Å². The quantitative estimate of drug-likeness (QED) is 0.332. The Balaban J connectivity index is 1.32. The first-order chi connectivity index (χ1) is 16.4. The number of rotatable bonds is 6. The van der Waals surface area contributed by atoms with Gasteiger partial charge in [0, 0.05) is 30.2 Å². The third kappa shape index (κ3) is 3.87. The highest BCUT2D eigenvalue weighted by atomic mass is 32.2. The van der Waals surface area contributed by atoms with Crippen LogP contribution in [0, 0.1) is 18.3 Å². The Kier molecular flexibility index (Phi) is 5.27. The van der Waals surface area contributed by atoms with E-state index in [-0.39, 0.29) is 16.5 Å². The lowest BCUT2D eigenvalue weighted by atomic mass is 10.1. The fourth-order valence-electron chi connectivity index (χ4n) is 3.72. The minimum atomic E-state index is -3.94. The van der Waals surface area contributed by atoms with Crippen molar-refractivity contribution in [1.82, 2.24) is 25.3 Å². The fraction of sp³-hybridized carbons (Fsp3) is 0.182. The number of anilines is 2. The predicted octanol–water partition coefficient (Wildman–Crippen LogP) is 2.14. The largest absolute Gasteiger partial charge is 0.358 e. The molecular formula is C22H20N8O3S. The second kappa shape index (κ2) is 8.29. The van der Waals surface area contributed by atoms with Gasteiger partial charge in [-0.3, -0.25) is 9.52 Å². The summed E-state index contributed by atoms with van der Waals surface area (Å²) in [5, 5.41) is 24.2. The minimum absolute atomic E-state index is 0.00624. The van der Waals surface area contributed by atoms with Crippen LogP contribution in [0.3, 0.4) is 0 Å². The van der Waals surface area contributed by atoms with Gasteiger partial charge in [0.2, 0.25) is 0 Å². The summed E-state index contributed by atoms with van der Waals surface area (Å²) in [6, 6.07) is 11.2. The third-order valence-electron chi connectivity index (χ3n) is 5.67. The van der Waals surface area contributed by atoms with Gasteiger partial charge in [-0.25, -0.2) is 8.42 Å². The number of aromatic amines is 1. The Morgan fingerprint density at radius 1 is 1.21 bits per heavy atom. The molecule has 4 aromatic rings. The second-order valence-electron chi connectivity index (χ2n) is 7.94. The number of benzene rings is 2. The number of H-pyrrole nitrogens is 1. The highest BCUT2D eigenvalue weighted by molar-refractivity contribution is 7.92. The Morgan fingerprint density at radius 3 is 2.65 bits per heavy atom. The Labute approximate surface area is 194 Å². The summed E-state index contributed by atoms with van der Waals surface area (Å²) in [6.07, 6.45) is 3.02. The number of nitriles is 1. The van der Waals surface area contributed by atoms with E-state index in [1.165, 1.54) is 30.5 Å². The van der Waals surface area contributed by atoms with Gasteiger partial charge in [-0.2, -0.15) is 15.2 Å². The number of fused-ring (bicyclic) bond motifs is 1. The van der Waals surface area contributed by atoms with Crippen molar-refractivity contribution in [3.05, 3.63) is 65.5 Å². The molecule has 2 aromatic carbocycles. The SMILES string of the molecule is Cc1ccc(NS(=O)(=O)c2ccc(C(=O)Nc3cnn(C4CNC4)n3)cc2)c2[nH]cc(C#N)c12. The summed E-state index contributed by atoms with van der Waals surface area (Å²) in [6.45, 7) is 3.41. The van der Waals surface area contributed by atoms with Crippen molar-refractivity contribution < 1.29 is 13.2 Å². The van der Waals surface area contributed by atoms with E-state index >= 15 is 0 Å². The van der Waals surface area contributed by atoms with E-state index in [1.54, 1.807) is 23.1 Å². The van der Waals surface area contributed by atoms with Crippen molar-refractivity contribution in [1.29, 1.82) is 5.26 Å². The molecule has 0 bridgehead atoms. The van der Waals surface area contributed by atoms with Gasteiger partial charge >= 0.3 is 0 Å². The topological polar surface area (TPSA) is 158 Å². The van der Waals surface area contributed by atoms with E-state index in [2.05, 4.69) is 36.6 Å². The lowest BCUT2D eigenvalue weighted by Gasteiger charge is -2.25. The predicted molar refractivity (Wildman–Crippen MR) is 125 cm³/mol. The highest BCUT2D eigenvalue weighted by Crippen LogP contribution is 2.30. The molecule has 0 radical (unpaired) electrons. The lowest BCUT2D eigenvalue weighted by molar-refractivity contribution is 0.102. The summed E-state index contributed by atoms with van der Waals surface area (Å²) in [7, 11) is -3.94. The van der Waals surface area contributed by atoms with E-state index in [1.807, 2.05) is 6.92 Å². The molecule has 0 unspecified atom stereocenters. The summed E-state index contributed by atoms with van der Waals surface area (Å²) < 4.78 is 28.5. The van der Waals surface area contributed by atoms with E-state index in [4.69, 9.17) is 0 Å². The molecule has 0 aliphatic carbocycles. The van der Waals surface area contributed by atoms with Crippen molar-refractivity contribution in [3.63, 3.8) is 0 Å². The zero-order valence-corrected chi connectivity index (χ0v) is 18.8. The first-order valence-electron chi connectivity index (χ1n) is 10.4. The van der Waals surface area contributed by atoms with Crippen molar-refractivity contribution in [3.8, 4) is 6.07 Å². The first-order valence-corrected chi connectivity index (χ1v) is 11.9. The Morgan fingerprint density at radius 2 is 1.97 bits per heavy atom. The smallest absolute Gasteiger partial charge is 0.261 e. The first kappa shape index (κ1) is 21.6. The van der Waals surface area contributed by atoms with Crippen molar-refractivity contribution >= 4 is 38.3 Å². The van der Waals surface area contributed by atoms with Gasteiger partial charge < -0.3 is 15.6 Å². The molecule has 4 N–H and O–H groups in total. The van der Waals surface area contributed by atoms with Crippen LogP contribution in [0.1, 0.15) is 27.5 Å². The number of carbonyl (C=O) groups is 1. The number of carbonyl (C=O) groups excluding carboxylic acids is 1. The van der Waals surface area contributed by atoms with Crippen LogP contribution in [0.5, 0.6) is 0 Å². The van der Waals surface area contributed by atoms with Crippen molar-refractivity contribution in [2.75, 3.05) is 23.1 Å². The van der Waals surface area contributed by atoms with Gasteiger partial charge in [-0.1, -0.05) is 6.07 Å². The van der Waals surface area contributed by atoms with Crippen molar-refractivity contribution in [2.24, 2.45) is 0 Å². The number of nitrogens with zero attached hydrogens (tertiary/aromatic N) is 4. The fourth-order valence-corrected chi connectivity index (χ4v) is 4.79. The Bertz CT molecular complexity index is 1540. The van der Waals surface area contributed by atoms with Crippen LogP contribution in [0.15, 0.2) is 53.7 Å². The minimum Gasteiger partial charge on any atom is -0.358 e. The number of sulfonamides is 1. The molecule has 11 nitrogen and oxygen atoms in total. The highest BCUT2D eigenvalue weighted by Gasteiger charge is 2.22. The molecule has 0 atom stereocenters. The number of nitrogens with one attached hydrogen (secondary N) is 4. The maximum Gasteiger partial charge on any atom is 0.261 e. The zero-order chi connectivity index (χ0) is 23.9. The van der Waals surface area contributed by atoms with E-state index in [9.17, 15) is 18.5 Å². The molecule has 1 fully saturated rings. The summed E-state index contributed by atoms with van der Waals surface area (Å²) >= 11 is 0. The maximum absolute atomic E-state index is 13.0. The van der Waals surface area contributed by atoms with Crippen molar-refractivity contribution in [2.45, 2.75) is 17.9 Å². The molecule has 1 amide bonds. The molecule has 0 saturated carbocycles. The van der Waals surface area contributed by atoms with E-state index in [0.29, 0.717) is 28.0 Å². The number of aromatic nitrogens is 4. The van der Waals surface area contributed by atoms with Crippen LogP contribution in [-0.4, -0.2) is 47.4 Å². The molecule has 12 heteroatoms. The third-order valence-corrected chi connectivity index (χ3v) is 7.05. The maximum atomic E-state index is 13.0. The average molecular weight is 477 g/mol. The van der Waals surface area contributed by atoms with Crippen LogP contribution < -0.4 is 15.4 Å². The van der Waals surface area contributed by atoms with Gasteiger partial charge in [0.25, 0.3) is 15.9 Å². The molecule has 1 aliphatic rings. The van der Waals surface area contributed by atoms with Crippen LogP contribution >= 0.6 is 0 Å². The molecule has 2 aromatic heterocycles. The summed E-state index contributed by atoms with van der Waals surface area (Å²) in [5.74, 6) is -0.104. The number of aryl methyl sites for hydroxylation is 1. The van der Waals surface area contributed by atoms with Gasteiger partial charge in [0.05, 0.1) is 33.9 Å². The van der Waals surface area contributed by atoms with Gasteiger partial charge in [0.1, 0.15) is 6.07 Å². The molecule has 0 spiro atoms. The van der Waals surface area contributed by atoms with E-state index < -0.39 is 15.9 Å². The molecule has 1 aliphatic heterocycles. The van der Waals surface area contributed by atoms with E-state index in [0.717, 1.165) is 18.7 Å². The van der Waals surface area contributed by atoms with Crippen LogP contribution in [0.4, 0.5) is 11.5 Å². The molecule has 3 heterocycles. The van der Waals surface area contributed by atoms with Gasteiger partial charge in [0.15, 0.2) is 5.82 Å². The average Bonchev–Trinajstić information content (AvgIpc) is 3.42. The standard InChI is InChI=1S/C22H20N8O3S/c1-13-2-7-18(21-20(13)15(8-23)9-25-21)29-34(32,33)17-5-3-14(4-6-17)22(31)27-19-12-26-30(28-19)16-10-24-11-16/h2-7,9,12,16,24-25,29H,10-11H2,1H3,(H,27,28,31). The monoisotopic (exact) mass is 476 g/mol. The van der Waals surface area contributed by atoms with Gasteiger partial charge in [-0.15, -0.1) is 5.10 Å². The van der Waals surface area contributed by atoms with Crippen LogP contribution in [0.2, 0.25) is 0 Å². The molecule has 172 valence electrons. The van der Waals surface area contributed by atoms with Crippen LogP contribution in [-0.2, 0) is 10.0 Å². The Hall–Kier alpha value is -4.21. The molecule has 1 saturated heterocycles. The van der Waals surface area contributed by atoms with Gasteiger partial charge in [-0.05, 0) is 42.8 Å².